The molecule has 0 N–H and O–H groups in total. The second-order valence-electron chi connectivity index (χ2n) is 6.34. The molecule has 0 aromatic rings. The van der Waals surface area contributed by atoms with E-state index in [0.29, 0.717) is 5.04 Å². The summed E-state index contributed by atoms with van der Waals surface area (Å²) < 4.78 is 7.71. The number of hydrogen-bond donors (Lipinski definition) is 0. The van der Waals surface area contributed by atoms with Crippen LogP contribution in [0.2, 0.25) is 18.1 Å². The van der Waals surface area contributed by atoms with Gasteiger partial charge in [-0.25, -0.2) is 0 Å². The molecule has 0 spiro atoms. The van der Waals surface area contributed by atoms with Crippen molar-refractivity contribution in [2.75, 3.05) is 7.11 Å². The minimum Gasteiger partial charge on any atom is -1.00 e. The van der Waals surface area contributed by atoms with Crippen LogP contribution in [0.5, 0.6) is 0 Å². The van der Waals surface area contributed by atoms with Crippen molar-refractivity contribution in [3.8, 4) is 0 Å². The van der Waals surface area contributed by atoms with E-state index in [1.807, 2.05) is 6.08 Å². The zero-order chi connectivity index (χ0) is 13.6. The number of ether oxygens (including phenoxy) is 1. The van der Waals surface area contributed by atoms with Crippen LogP contribution in [0.4, 0.5) is 0 Å². The van der Waals surface area contributed by atoms with Gasteiger partial charge in [-0.1, -0.05) is 39.6 Å². The van der Waals surface area contributed by atoms with Crippen molar-refractivity contribution < 1.29 is 36.6 Å². The molecule has 2 aliphatic rings. The number of halogens is 1. The fourth-order valence-electron chi connectivity index (χ4n) is 2.00. The maximum Gasteiger partial charge on any atom is 0.157 e. The molecule has 0 amide bonds. The first-order valence-corrected chi connectivity index (χ1v) is 9.29. The molecule has 0 unspecified atom stereocenters. The van der Waals surface area contributed by atoms with E-state index < -0.39 is 8.24 Å². The Hall–Kier alpha value is -0.270. The first kappa shape index (κ1) is 19.7. The van der Waals surface area contributed by atoms with Crippen LogP contribution in [-0.4, -0.2) is 19.9 Å². The summed E-state index contributed by atoms with van der Waals surface area (Å²) in [6.07, 6.45) is 8.34. The molecule has 0 atom stereocenters. The molecule has 0 saturated carbocycles. The predicted octanol–water partition coefficient (Wildman–Crippen LogP) is 0.980. The average molecular weight is 361 g/mol. The first-order chi connectivity index (χ1) is 8.27. The fraction of sp³-hybridized carbons (Fsp3) is 0.467. The van der Waals surface area contributed by atoms with E-state index in [4.69, 9.17) is 4.74 Å². The normalized spacial score (nSPS) is 17.8. The largest absolute Gasteiger partial charge is 1.00 e. The summed E-state index contributed by atoms with van der Waals surface area (Å²) in [4.78, 5) is 0. The summed E-state index contributed by atoms with van der Waals surface area (Å²) in [5.41, 5.74) is 4.50. The molecular weight excluding hydrogens is 339 g/mol. The van der Waals surface area contributed by atoms with Crippen LogP contribution in [0.25, 0.3) is 0 Å². The fourth-order valence-corrected chi connectivity index (χ4v) is 3.90. The van der Waals surface area contributed by atoms with Gasteiger partial charge in [-0.05, 0) is 23.3 Å². The van der Waals surface area contributed by atoms with Gasteiger partial charge in [0.15, 0.2) is 8.24 Å². The summed E-state index contributed by atoms with van der Waals surface area (Å²) in [6, 6.07) is 1.27. The maximum absolute atomic E-state index is 5.27. The maximum atomic E-state index is 5.27. The van der Waals surface area contributed by atoms with Crippen molar-refractivity contribution in [2.45, 2.75) is 38.9 Å². The van der Waals surface area contributed by atoms with Gasteiger partial charge in [0.2, 0.25) is 0 Å². The van der Waals surface area contributed by atoms with Crippen LogP contribution < -0.4 is 12.4 Å². The Morgan fingerprint density at radius 2 is 1.80 bits per heavy atom. The number of fused-ring (bicyclic) bond motifs is 1. The molecule has 2 rings (SSSR count). The molecule has 5 heteroatoms. The molecule has 2 nitrogen and oxygen atoms in total. The topological polar surface area (TPSA) is 12.5 Å². The average Bonchev–Trinajstić information content (AvgIpc) is 2.70. The van der Waals surface area contributed by atoms with Gasteiger partial charge in [-0.3, -0.25) is 0 Å². The van der Waals surface area contributed by atoms with E-state index in [1.165, 1.54) is 6.04 Å². The molecular formula is C15H22ClNOSiZn-. The quantitative estimate of drug-likeness (QED) is 0.537. The SMILES string of the molecule is COC1=CC2=C=CN([Si](C)(C)C(C)(C)C)[C]2C=C1.[Cl-].[Zn]. The van der Waals surface area contributed by atoms with Crippen molar-refractivity contribution >= 4 is 8.24 Å². The first-order valence-electron chi connectivity index (χ1n) is 6.34. The second kappa shape index (κ2) is 6.66. The Labute approximate surface area is 142 Å². The molecule has 0 saturated heterocycles. The van der Waals surface area contributed by atoms with Gasteiger partial charge in [0.25, 0.3) is 0 Å². The van der Waals surface area contributed by atoms with Crippen molar-refractivity contribution in [2.24, 2.45) is 0 Å². The van der Waals surface area contributed by atoms with Crippen LogP contribution in [0.3, 0.4) is 0 Å². The van der Waals surface area contributed by atoms with E-state index in [0.717, 1.165) is 11.3 Å². The zero-order valence-electron chi connectivity index (χ0n) is 13.2. The van der Waals surface area contributed by atoms with Crippen molar-refractivity contribution in [1.82, 2.24) is 4.57 Å². The Balaban J connectivity index is 0.00000180. The van der Waals surface area contributed by atoms with Crippen molar-refractivity contribution in [3.05, 3.63) is 47.5 Å². The van der Waals surface area contributed by atoms with Crippen LogP contribution in [0.1, 0.15) is 20.8 Å². The van der Waals surface area contributed by atoms with E-state index in [9.17, 15) is 0 Å². The zero-order valence-corrected chi connectivity index (χ0v) is 18.0. The standard InChI is InChI=1S/C15H22NOSi.ClH.Zn/c1-15(2,3)18(5,6)16-10-9-12-11-13(17-4)7-8-14(12)16;;/h7-8,10-11H,1-6H3;1H;/p-1. The smallest absolute Gasteiger partial charge is 0.157 e. The van der Waals surface area contributed by atoms with Crippen molar-refractivity contribution in [1.29, 1.82) is 0 Å². The van der Waals surface area contributed by atoms with E-state index >= 15 is 0 Å². The minimum atomic E-state index is -1.58. The van der Waals surface area contributed by atoms with Crippen LogP contribution >= 0.6 is 0 Å². The molecule has 1 aliphatic heterocycles. The Morgan fingerprint density at radius 3 is 2.30 bits per heavy atom. The second-order valence-corrected chi connectivity index (χ2v) is 11.4. The Morgan fingerprint density at radius 1 is 1.20 bits per heavy atom. The van der Waals surface area contributed by atoms with Gasteiger partial charge >= 0.3 is 0 Å². The molecule has 1 heterocycles. The number of allylic oxidation sites excluding steroid dienone is 1. The molecule has 0 aromatic heterocycles. The summed E-state index contributed by atoms with van der Waals surface area (Å²) in [5.74, 6) is 0.895. The third-order valence-corrected chi connectivity index (χ3v) is 9.50. The van der Waals surface area contributed by atoms with Crippen LogP contribution in [0.15, 0.2) is 41.5 Å². The molecule has 107 valence electrons. The van der Waals surface area contributed by atoms with Crippen LogP contribution in [0, 0.1) is 6.04 Å². The summed E-state index contributed by atoms with van der Waals surface area (Å²) in [7, 11) is 0.124. The van der Waals surface area contributed by atoms with E-state index in [-0.39, 0.29) is 31.9 Å². The third-order valence-electron chi connectivity index (χ3n) is 4.25. The third kappa shape index (κ3) is 3.31. The van der Waals surface area contributed by atoms with Crippen molar-refractivity contribution in [3.63, 3.8) is 0 Å². The van der Waals surface area contributed by atoms with E-state index in [2.05, 4.69) is 62.5 Å². The molecule has 0 fully saturated rings. The monoisotopic (exact) mass is 359 g/mol. The molecule has 1 aliphatic carbocycles. The predicted molar refractivity (Wildman–Crippen MR) is 78.1 cm³/mol. The number of nitrogens with zero attached hydrogens (tertiary/aromatic N) is 1. The van der Waals surface area contributed by atoms with Gasteiger partial charge in [0.05, 0.1) is 7.11 Å². The van der Waals surface area contributed by atoms with Gasteiger partial charge in [0, 0.05) is 31.3 Å². The van der Waals surface area contributed by atoms with Gasteiger partial charge in [-0.15, -0.1) is 0 Å². The summed E-state index contributed by atoms with van der Waals surface area (Å²) in [6.45, 7) is 11.8. The Bertz CT molecular complexity index is 485. The number of methoxy groups -OCH3 is 1. The van der Waals surface area contributed by atoms with E-state index in [1.54, 1.807) is 7.11 Å². The molecule has 1 radical (unpaired) electrons. The molecule has 0 bridgehead atoms. The number of rotatable bonds is 2. The summed E-state index contributed by atoms with van der Waals surface area (Å²) in [5, 5.41) is 0.312. The Kier molecular flexibility index (Phi) is 6.57. The van der Waals surface area contributed by atoms with Gasteiger partial charge in [-0.2, -0.15) is 0 Å². The van der Waals surface area contributed by atoms with Gasteiger partial charge < -0.3 is 21.7 Å². The van der Waals surface area contributed by atoms with Gasteiger partial charge in [0.1, 0.15) is 11.8 Å². The molecule has 0 aromatic carbocycles. The summed E-state index contributed by atoms with van der Waals surface area (Å²) >= 11 is 0. The number of hydrogen-bond acceptors (Lipinski definition) is 2. The minimum absolute atomic E-state index is 0. The molecule has 20 heavy (non-hydrogen) atoms. The van der Waals surface area contributed by atoms with Crippen LogP contribution in [-0.2, 0) is 24.2 Å².